The lowest BCUT2D eigenvalue weighted by molar-refractivity contribution is -0.0514. The van der Waals surface area contributed by atoms with Crippen LogP contribution in [-0.4, -0.2) is 34.5 Å². The van der Waals surface area contributed by atoms with Crippen molar-refractivity contribution in [2.75, 3.05) is 19.8 Å². The van der Waals surface area contributed by atoms with Crippen LogP contribution in [0.15, 0.2) is 29.2 Å². The third-order valence-corrected chi connectivity index (χ3v) is 9.02. The maximum absolute atomic E-state index is 12.4. The topological polar surface area (TPSA) is 61.8 Å². The minimum absolute atomic E-state index is 0.0463. The Morgan fingerprint density at radius 1 is 0.806 bits per heavy atom. The Hall–Kier alpha value is -0.950. The van der Waals surface area contributed by atoms with Gasteiger partial charge in [-0.25, -0.2) is 0 Å². The summed E-state index contributed by atoms with van der Waals surface area (Å²) >= 11 is 0. The summed E-state index contributed by atoms with van der Waals surface area (Å²) in [6, 6.07) is 6.89. The fourth-order valence-electron chi connectivity index (χ4n) is 5.68. The molecule has 0 atom stereocenters. The molecule has 1 saturated heterocycles. The van der Waals surface area contributed by atoms with Crippen molar-refractivity contribution < 1.29 is 22.1 Å². The zero-order chi connectivity index (χ0) is 21.7. The molecule has 4 rings (SSSR count). The summed E-state index contributed by atoms with van der Waals surface area (Å²) in [5.74, 6) is 2.86. The van der Waals surface area contributed by atoms with Crippen molar-refractivity contribution in [3.8, 4) is 0 Å². The van der Waals surface area contributed by atoms with Gasteiger partial charge in [-0.3, -0.25) is 4.18 Å². The van der Waals surface area contributed by atoms with Crippen LogP contribution in [-0.2, 0) is 23.8 Å². The van der Waals surface area contributed by atoms with Crippen molar-refractivity contribution in [2.24, 2.45) is 23.7 Å². The Bertz CT molecular complexity index is 769. The number of hydrogen-bond donors (Lipinski definition) is 0. The van der Waals surface area contributed by atoms with Gasteiger partial charge in [0.1, 0.15) is 0 Å². The smallest absolute Gasteiger partial charge is 0.296 e. The van der Waals surface area contributed by atoms with Crippen LogP contribution in [0.3, 0.4) is 0 Å². The van der Waals surface area contributed by atoms with E-state index in [1.54, 1.807) is 12.1 Å². The molecule has 0 unspecified atom stereocenters. The van der Waals surface area contributed by atoms with Gasteiger partial charge in [0, 0.05) is 0 Å². The van der Waals surface area contributed by atoms with Gasteiger partial charge in [-0.2, -0.15) is 8.42 Å². The first-order valence-corrected chi connectivity index (χ1v) is 13.6. The Labute approximate surface area is 188 Å². The van der Waals surface area contributed by atoms with Crippen LogP contribution in [0.2, 0.25) is 0 Å². The molecule has 0 spiro atoms. The van der Waals surface area contributed by atoms with E-state index in [1.165, 1.54) is 44.9 Å². The van der Waals surface area contributed by atoms with Crippen LogP contribution in [0, 0.1) is 30.6 Å². The van der Waals surface area contributed by atoms with Gasteiger partial charge in [0.05, 0.1) is 24.7 Å². The maximum atomic E-state index is 12.4. The van der Waals surface area contributed by atoms with Crippen molar-refractivity contribution in [2.45, 2.75) is 82.3 Å². The third kappa shape index (κ3) is 6.53. The molecule has 0 radical (unpaired) electrons. The van der Waals surface area contributed by atoms with Crippen molar-refractivity contribution >= 4 is 10.1 Å². The summed E-state index contributed by atoms with van der Waals surface area (Å²) < 4.78 is 41.4. The van der Waals surface area contributed by atoms with Gasteiger partial charge in [0.25, 0.3) is 10.1 Å². The average Bonchev–Trinajstić information content (AvgIpc) is 3.31. The molecule has 5 nitrogen and oxygen atoms in total. The van der Waals surface area contributed by atoms with Crippen molar-refractivity contribution in [3.63, 3.8) is 0 Å². The van der Waals surface area contributed by atoms with E-state index in [0.717, 1.165) is 55.8 Å². The van der Waals surface area contributed by atoms with Crippen molar-refractivity contribution in [1.82, 2.24) is 0 Å². The molecule has 0 aromatic heterocycles. The molecular weight excluding hydrogens is 412 g/mol. The van der Waals surface area contributed by atoms with Crippen LogP contribution in [0.25, 0.3) is 0 Å². The lowest BCUT2D eigenvalue weighted by atomic mass is 9.69. The highest BCUT2D eigenvalue weighted by atomic mass is 32.2. The first-order valence-electron chi connectivity index (χ1n) is 12.2. The number of ether oxygens (including phenoxy) is 2. The molecule has 0 bridgehead atoms. The van der Waals surface area contributed by atoms with Crippen LogP contribution in [0.4, 0.5) is 0 Å². The molecule has 1 aliphatic heterocycles. The lowest BCUT2D eigenvalue weighted by Gasteiger charge is -2.38. The number of benzene rings is 1. The summed E-state index contributed by atoms with van der Waals surface area (Å²) in [6.07, 6.45) is 12.3. The van der Waals surface area contributed by atoms with Crippen LogP contribution in [0.5, 0.6) is 0 Å². The minimum atomic E-state index is -3.65. The fourth-order valence-corrected chi connectivity index (χ4v) is 6.66. The molecule has 6 heteroatoms. The second-order valence-corrected chi connectivity index (χ2v) is 11.5. The Kier molecular flexibility index (Phi) is 8.07. The van der Waals surface area contributed by atoms with Gasteiger partial charge in [-0.05, 0) is 94.1 Å². The zero-order valence-corrected chi connectivity index (χ0v) is 19.7. The summed E-state index contributed by atoms with van der Waals surface area (Å²) in [5.41, 5.74) is 1.04. The minimum Gasteiger partial charge on any atom is -0.350 e. The molecule has 2 aliphatic carbocycles. The zero-order valence-electron chi connectivity index (χ0n) is 18.8. The molecule has 0 amide bonds. The summed E-state index contributed by atoms with van der Waals surface area (Å²) in [7, 11) is -3.65. The van der Waals surface area contributed by atoms with E-state index in [0.29, 0.717) is 12.5 Å². The second-order valence-electron chi connectivity index (χ2n) is 9.86. The third-order valence-electron chi connectivity index (χ3n) is 7.72. The van der Waals surface area contributed by atoms with E-state index in [-0.39, 0.29) is 11.2 Å². The SMILES string of the molecule is Cc1ccc(S(=O)(=O)OCC2CCC(C3CCC(CCC4OCCO4)CC3)CC2)cc1. The highest BCUT2D eigenvalue weighted by molar-refractivity contribution is 7.86. The molecule has 1 aromatic rings. The number of aryl methyl sites for hydroxylation is 1. The van der Waals surface area contributed by atoms with Gasteiger partial charge in [0.2, 0.25) is 0 Å². The van der Waals surface area contributed by atoms with E-state index in [4.69, 9.17) is 13.7 Å². The van der Waals surface area contributed by atoms with Gasteiger partial charge >= 0.3 is 0 Å². The summed E-state index contributed by atoms with van der Waals surface area (Å²) in [6.45, 7) is 3.77. The van der Waals surface area contributed by atoms with Crippen LogP contribution in [0.1, 0.15) is 69.8 Å². The first kappa shape index (κ1) is 23.2. The normalized spacial score (nSPS) is 30.5. The average molecular weight is 451 g/mol. The Morgan fingerprint density at radius 3 is 1.94 bits per heavy atom. The number of hydrogen-bond acceptors (Lipinski definition) is 5. The quantitative estimate of drug-likeness (QED) is 0.492. The first-order chi connectivity index (χ1) is 15.0. The van der Waals surface area contributed by atoms with Crippen molar-refractivity contribution in [3.05, 3.63) is 29.8 Å². The fraction of sp³-hybridized carbons (Fsp3) is 0.760. The van der Waals surface area contributed by atoms with E-state index in [2.05, 4.69) is 0 Å². The number of rotatable bonds is 8. The van der Waals surface area contributed by atoms with E-state index < -0.39 is 10.1 Å². The predicted octanol–water partition coefficient (Wildman–Crippen LogP) is 5.47. The van der Waals surface area contributed by atoms with Gasteiger partial charge in [0.15, 0.2) is 6.29 Å². The largest absolute Gasteiger partial charge is 0.350 e. The molecule has 1 heterocycles. The molecule has 2 saturated carbocycles. The Morgan fingerprint density at radius 2 is 1.35 bits per heavy atom. The lowest BCUT2D eigenvalue weighted by Crippen LogP contribution is -2.27. The summed E-state index contributed by atoms with van der Waals surface area (Å²) in [5, 5.41) is 0. The van der Waals surface area contributed by atoms with Crippen LogP contribution >= 0.6 is 0 Å². The second kappa shape index (κ2) is 10.8. The molecule has 0 N–H and O–H groups in total. The Balaban J connectivity index is 1.14. The van der Waals surface area contributed by atoms with Gasteiger partial charge in [-0.1, -0.05) is 30.5 Å². The monoisotopic (exact) mass is 450 g/mol. The summed E-state index contributed by atoms with van der Waals surface area (Å²) in [4.78, 5) is 0.259. The van der Waals surface area contributed by atoms with Crippen molar-refractivity contribution in [1.29, 1.82) is 0 Å². The van der Waals surface area contributed by atoms with Gasteiger partial charge in [-0.15, -0.1) is 0 Å². The van der Waals surface area contributed by atoms with E-state index >= 15 is 0 Å². The predicted molar refractivity (Wildman–Crippen MR) is 120 cm³/mol. The highest BCUT2D eigenvalue weighted by Crippen LogP contribution is 2.42. The molecule has 3 fully saturated rings. The molecule has 174 valence electrons. The molecule has 1 aromatic carbocycles. The highest BCUT2D eigenvalue weighted by Gasteiger charge is 2.32. The van der Waals surface area contributed by atoms with Gasteiger partial charge < -0.3 is 9.47 Å². The van der Waals surface area contributed by atoms with Crippen LogP contribution < -0.4 is 0 Å². The molecule has 3 aliphatic rings. The molecular formula is C25H38O5S. The van der Waals surface area contributed by atoms with E-state index in [9.17, 15) is 8.42 Å². The maximum Gasteiger partial charge on any atom is 0.296 e. The van der Waals surface area contributed by atoms with E-state index in [1.807, 2.05) is 19.1 Å². The standard InChI is InChI=1S/C25H38O5S/c1-19-2-13-24(14-3-19)31(26,27)30-18-21-6-11-23(12-7-21)22-9-4-20(5-10-22)8-15-25-28-16-17-29-25/h2-3,13-14,20-23,25H,4-12,15-18H2,1H3. The molecule has 31 heavy (non-hydrogen) atoms.